The summed E-state index contributed by atoms with van der Waals surface area (Å²) in [6.45, 7) is 9.79. The van der Waals surface area contributed by atoms with Gasteiger partial charge in [0.2, 0.25) is 0 Å². The molecule has 0 bridgehead atoms. The molecular formula is C15H27N3S. The minimum absolute atomic E-state index is 0.484. The summed E-state index contributed by atoms with van der Waals surface area (Å²) in [5, 5.41) is 1.27. The molecular weight excluding hydrogens is 254 g/mol. The molecule has 1 atom stereocenters. The summed E-state index contributed by atoms with van der Waals surface area (Å²) in [5.74, 6) is 0.484. The first-order valence-electron chi connectivity index (χ1n) is 7.54. The lowest BCUT2D eigenvalue weighted by molar-refractivity contribution is 0.163. The van der Waals surface area contributed by atoms with Crippen LogP contribution in [0.4, 0.5) is 0 Å². The summed E-state index contributed by atoms with van der Waals surface area (Å²) in [6.07, 6.45) is 5.18. The molecule has 1 saturated heterocycles. The number of hydrogen-bond acceptors (Lipinski definition) is 4. The van der Waals surface area contributed by atoms with E-state index in [0.29, 0.717) is 12.5 Å². The van der Waals surface area contributed by atoms with E-state index in [-0.39, 0.29) is 0 Å². The molecule has 0 spiro atoms. The number of nitrogens with zero attached hydrogens (tertiary/aromatic N) is 2. The Morgan fingerprint density at radius 1 is 1.42 bits per heavy atom. The zero-order chi connectivity index (χ0) is 13.8. The molecule has 0 amide bonds. The van der Waals surface area contributed by atoms with Crippen LogP contribution in [0, 0.1) is 0 Å². The van der Waals surface area contributed by atoms with Crippen LogP contribution in [-0.4, -0.2) is 29.0 Å². The molecule has 1 unspecified atom stereocenters. The van der Waals surface area contributed by atoms with Crippen molar-refractivity contribution in [3.05, 3.63) is 15.6 Å². The van der Waals surface area contributed by atoms with Crippen LogP contribution in [0.5, 0.6) is 0 Å². The van der Waals surface area contributed by atoms with Gasteiger partial charge >= 0.3 is 0 Å². The molecule has 1 aromatic heterocycles. The molecule has 0 aromatic carbocycles. The highest BCUT2D eigenvalue weighted by molar-refractivity contribution is 7.11. The highest BCUT2D eigenvalue weighted by Gasteiger charge is 2.19. The smallest absolute Gasteiger partial charge is 0.0944 e. The Hall–Kier alpha value is -0.450. The molecule has 19 heavy (non-hydrogen) atoms. The first kappa shape index (κ1) is 14.9. The topological polar surface area (TPSA) is 42.2 Å². The van der Waals surface area contributed by atoms with Crippen molar-refractivity contribution in [2.24, 2.45) is 5.73 Å². The van der Waals surface area contributed by atoms with E-state index in [1.54, 1.807) is 0 Å². The van der Waals surface area contributed by atoms with Gasteiger partial charge in [-0.2, -0.15) is 0 Å². The van der Waals surface area contributed by atoms with Gasteiger partial charge in [-0.15, -0.1) is 11.3 Å². The standard InChI is InChI=1S/C15H27N3S/c1-11(2)15-13(10-16)19-14(17-15)7-9-18-8-5-4-6-12(18)3/h11-12H,4-10,16H2,1-3H3. The maximum absolute atomic E-state index is 5.82. The largest absolute Gasteiger partial charge is 0.326 e. The molecule has 2 heterocycles. The molecule has 108 valence electrons. The first-order chi connectivity index (χ1) is 9.11. The number of rotatable bonds is 5. The van der Waals surface area contributed by atoms with Gasteiger partial charge in [0.1, 0.15) is 0 Å². The Balaban J connectivity index is 1.95. The van der Waals surface area contributed by atoms with Gasteiger partial charge in [-0.3, -0.25) is 0 Å². The normalized spacial score (nSPS) is 21.2. The van der Waals surface area contributed by atoms with Gasteiger partial charge in [0.25, 0.3) is 0 Å². The van der Waals surface area contributed by atoms with Crippen LogP contribution >= 0.6 is 11.3 Å². The molecule has 1 fully saturated rings. The minimum atomic E-state index is 0.484. The number of thiazole rings is 1. The summed E-state index contributed by atoms with van der Waals surface area (Å²) in [5.41, 5.74) is 7.04. The van der Waals surface area contributed by atoms with E-state index in [2.05, 4.69) is 25.7 Å². The van der Waals surface area contributed by atoms with Crippen molar-refractivity contribution in [1.29, 1.82) is 0 Å². The highest BCUT2D eigenvalue weighted by Crippen LogP contribution is 2.25. The Labute approximate surface area is 121 Å². The number of likely N-dealkylation sites (tertiary alicyclic amines) is 1. The molecule has 1 aliphatic rings. The Morgan fingerprint density at radius 2 is 2.21 bits per heavy atom. The number of piperidine rings is 1. The van der Waals surface area contributed by atoms with E-state index in [0.717, 1.165) is 19.0 Å². The molecule has 0 saturated carbocycles. The fourth-order valence-corrected chi connectivity index (χ4v) is 3.94. The summed E-state index contributed by atoms with van der Waals surface area (Å²) in [7, 11) is 0. The van der Waals surface area contributed by atoms with E-state index < -0.39 is 0 Å². The average molecular weight is 281 g/mol. The summed E-state index contributed by atoms with van der Waals surface area (Å²) in [4.78, 5) is 8.69. The monoisotopic (exact) mass is 281 g/mol. The van der Waals surface area contributed by atoms with E-state index in [1.807, 2.05) is 11.3 Å². The summed E-state index contributed by atoms with van der Waals surface area (Å²) >= 11 is 1.81. The highest BCUT2D eigenvalue weighted by atomic mass is 32.1. The Bertz CT molecular complexity index is 400. The van der Waals surface area contributed by atoms with Crippen LogP contribution < -0.4 is 5.73 Å². The zero-order valence-corrected chi connectivity index (χ0v) is 13.3. The van der Waals surface area contributed by atoms with Gasteiger partial charge < -0.3 is 10.6 Å². The van der Waals surface area contributed by atoms with Crippen LogP contribution in [0.15, 0.2) is 0 Å². The van der Waals surface area contributed by atoms with Gasteiger partial charge in [0.05, 0.1) is 10.7 Å². The Morgan fingerprint density at radius 3 is 2.79 bits per heavy atom. The molecule has 2 N–H and O–H groups in total. The van der Waals surface area contributed by atoms with Crippen LogP contribution in [0.3, 0.4) is 0 Å². The lowest BCUT2D eigenvalue weighted by Gasteiger charge is -2.33. The van der Waals surface area contributed by atoms with Gasteiger partial charge in [-0.25, -0.2) is 4.98 Å². The van der Waals surface area contributed by atoms with E-state index in [1.165, 1.54) is 41.4 Å². The number of aromatic nitrogens is 1. The lowest BCUT2D eigenvalue weighted by atomic mass is 10.0. The third-order valence-corrected chi connectivity index (χ3v) is 5.21. The molecule has 4 heteroatoms. The quantitative estimate of drug-likeness (QED) is 0.901. The fourth-order valence-electron chi connectivity index (χ4n) is 2.85. The minimum Gasteiger partial charge on any atom is -0.326 e. The maximum Gasteiger partial charge on any atom is 0.0944 e. The second-order valence-electron chi connectivity index (χ2n) is 5.91. The van der Waals surface area contributed by atoms with Crippen molar-refractivity contribution in [3.8, 4) is 0 Å². The lowest BCUT2D eigenvalue weighted by Crippen LogP contribution is -2.38. The predicted molar refractivity (Wildman–Crippen MR) is 82.7 cm³/mol. The van der Waals surface area contributed by atoms with E-state index in [4.69, 9.17) is 10.7 Å². The van der Waals surface area contributed by atoms with Crippen LogP contribution in [0.2, 0.25) is 0 Å². The van der Waals surface area contributed by atoms with E-state index in [9.17, 15) is 0 Å². The molecule has 1 aliphatic heterocycles. The Kier molecular flexibility index (Phi) is 5.37. The van der Waals surface area contributed by atoms with E-state index >= 15 is 0 Å². The summed E-state index contributed by atoms with van der Waals surface area (Å²) < 4.78 is 0. The van der Waals surface area contributed by atoms with Crippen LogP contribution in [-0.2, 0) is 13.0 Å². The third-order valence-electron chi connectivity index (χ3n) is 4.06. The molecule has 2 rings (SSSR count). The number of nitrogens with two attached hydrogens (primary N) is 1. The van der Waals surface area contributed by atoms with Gasteiger partial charge in [-0.05, 0) is 32.2 Å². The second kappa shape index (κ2) is 6.82. The van der Waals surface area contributed by atoms with Gasteiger partial charge in [0, 0.05) is 30.4 Å². The van der Waals surface area contributed by atoms with Gasteiger partial charge in [-0.1, -0.05) is 20.3 Å². The maximum atomic E-state index is 5.82. The van der Waals surface area contributed by atoms with Crippen molar-refractivity contribution in [1.82, 2.24) is 9.88 Å². The molecule has 3 nitrogen and oxygen atoms in total. The fraction of sp³-hybridized carbons (Fsp3) is 0.800. The second-order valence-corrected chi connectivity index (χ2v) is 7.07. The molecule has 1 aromatic rings. The SMILES string of the molecule is CC(C)c1nc(CCN2CCCCC2C)sc1CN. The van der Waals surface area contributed by atoms with Crippen LogP contribution in [0.1, 0.15) is 61.5 Å². The molecule has 0 aliphatic carbocycles. The average Bonchev–Trinajstić information content (AvgIpc) is 2.81. The molecule has 0 radical (unpaired) electrons. The number of hydrogen-bond donors (Lipinski definition) is 1. The van der Waals surface area contributed by atoms with Crippen LogP contribution in [0.25, 0.3) is 0 Å². The van der Waals surface area contributed by atoms with Gasteiger partial charge in [0.15, 0.2) is 0 Å². The van der Waals surface area contributed by atoms with Crippen molar-refractivity contribution in [2.45, 2.75) is 65.0 Å². The summed E-state index contributed by atoms with van der Waals surface area (Å²) in [6, 6.07) is 0.743. The van der Waals surface area contributed by atoms with Crippen molar-refractivity contribution >= 4 is 11.3 Å². The predicted octanol–water partition coefficient (Wildman–Crippen LogP) is 3.14. The first-order valence-corrected chi connectivity index (χ1v) is 8.36. The zero-order valence-electron chi connectivity index (χ0n) is 12.5. The van der Waals surface area contributed by atoms with Crippen molar-refractivity contribution in [2.75, 3.05) is 13.1 Å². The van der Waals surface area contributed by atoms with Crippen molar-refractivity contribution < 1.29 is 0 Å². The third kappa shape index (κ3) is 3.77. The van der Waals surface area contributed by atoms with Crippen molar-refractivity contribution in [3.63, 3.8) is 0 Å².